The van der Waals surface area contributed by atoms with E-state index in [0.717, 1.165) is 12.1 Å². The van der Waals surface area contributed by atoms with E-state index in [2.05, 4.69) is 14.8 Å². The molecular formula is C13H17F3N2O3S. The monoisotopic (exact) mass is 338 g/mol. The van der Waals surface area contributed by atoms with Gasteiger partial charge in [-0.1, -0.05) is 13.0 Å². The van der Waals surface area contributed by atoms with Crippen LogP contribution in [0.5, 0.6) is 5.75 Å². The second kappa shape index (κ2) is 6.43. The van der Waals surface area contributed by atoms with Gasteiger partial charge in [0.1, 0.15) is 5.75 Å². The van der Waals surface area contributed by atoms with E-state index >= 15 is 0 Å². The fourth-order valence-electron chi connectivity index (χ4n) is 2.29. The zero-order valence-electron chi connectivity index (χ0n) is 11.9. The van der Waals surface area contributed by atoms with Crippen LogP contribution < -0.4 is 14.8 Å². The van der Waals surface area contributed by atoms with Gasteiger partial charge in [-0.2, -0.15) is 0 Å². The van der Waals surface area contributed by atoms with E-state index in [0.29, 0.717) is 19.5 Å². The Hall–Kier alpha value is -1.32. The Morgan fingerprint density at radius 1 is 1.36 bits per heavy atom. The molecule has 0 saturated carbocycles. The summed E-state index contributed by atoms with van der Waals surface area (Å²) < 4.78 is 67.5. The van der Waals surface area contributed by atoms with Gasteiger partial charge in [0.2, 0.25) is 10.0 Å². The van der Waals surface area contributed by atoms with Crippen LogP contribution in [0.1, 0.15) is 13.3 Å². The third-order valence-corrected chi connectivity index (χ3v) is 4.93. The highest BCUT2D eigenvalue weighted by Crippen LogP contribution is 2.25. The largest absolute Gasteiger partial charge is 0.573 e. The lowest BCUT2D eigenvalue weighted by Crippen LogP contribution is -2.48. The molecule has 0 amide bonds. The summed E-state index contributed by atoms with van der Waals surface area (Å²) in [6.07, 6.45) is -4.24. The Labute approximate surface area is 126 Å². The van der Waals surface area contributed by atoms with Crippen LogP contribution >= 0.6 is 0 Å². The van der Waals surface area contributed by atoms with Crippen molar-refractivity contribution in [2.24, 2.45) is 5.92 Å². The zero-order valence-corrected chi connectivity index (χ0v) is 12.7. The summed E-state index contributed by atoms with van der Waals surface area (Å²) in [5.74, 6) is -0.466. The van der Waals surface area contributed by atoms with E-state index < -0.39 is 22.1 Å². The van der Waals surface area contributed by atoms with E-state index in [1.54, 1.807) is 0 Å². The Kier molecular flexibility index (Phi) is 4.98. The number of ether oxygens (including phenoxy) is 1. The Bertz CT molecular complexity index is 619. The number of rotatable bonds is 4. The van der Waals surface area contributed by atoms with Gasteiger partial charge >= 0.3 is 6.36 Å². The van der Waals surface area contributed by atoms with Gasteiger partial charge in [-0.3, -0.25) is 0 Å². The Morgan fingerprint density at radius 2 is 2.09 bits per heavy atom. The van der Waals surface area contributed by atoms with E-state index in [1.165, 1.54) is 12.1 Å². The minimum absolute atomic E-state index is 0.0955. The standard InChI is InChI=1S/C13H17F3N2O3S/c1-9-8-17-6-5-12(9)18-22(19,20)11-4-2-3-10(7-11)21-13(14,15)16/h2-4,7,9,12,17-18H,5-6,8H2,1H3. The molecule has 1 heterocycles. The predicted octanol–water partition coefficient (Wildman–Crippen LogP) is 1.86. The fourth-order valence-corrected chi connectivity index (χ4v) is 3.71. The normalized spacial score (nSPS) is 23.3. The number of piperidine rings is 1. The van der Waals surface area contributed by atoms with Crippen molar-refractivity contribution in [1.82, 2.24) is 10.0 Å². The van der Waals surface area contributed by atoms with Crippen LogP contribution in [0.15, 0.2) is 29.2 Å². The van der Waals surface area contributed by atoms with Crippen LogP contribution in [0.25, 0.3) is 0 Å². The highest BCUT2D eigenvalue weighted by Gasteiger charge is 2.32. The van der Waals surface area contributed by atoms with Crippen LogP contribution in [0, 0.1) is 5.92 Å². The SMILES string of the molecule is CC1CNCCC1NS(=O)(=O)c1cccc(OC(F)(F)F)c1. The first-order valence-corrected chi connectivity index (χ1v) is 8.24. The molecule has 1 aromatic rings. The maximum atomic E-state index is 12.3. The minimum atomic E-state index is -4.86. The molecule has 0 radical (unpaired) electrons. The topological polar surface area (TPSA) is 67.4 Å². The molecule has 0 spiro atoms. The van der Waals surface area contributed by atoms with E-state index in [-0.39, 0.29) is 16.9 Å². The van der Waals surface area contributed by atoms with Crippen molar-refractivity contribution >= 4 is 10.0 Å². The van der Waals surface area contributed by atoms with Gasteiger partial charge in [0.25, 0.3) is 0 Å². The first-order chi connectivity index (χ1) is 10.2. The molecule has 22 heavy (non-hydrogen) atoms. The zero-order chi connectivity index (χ0) is 16.4. The van der Waals surface area contributed by atoms with E-state index in [4.69, 9.17) is 0 Å². The highest BCUT2D eigenvalue weighted by molar-refractivity contribution is 7.89. The van der Waals surface area contributed by atoms with Crippen molar-refractivity contribution in [1.29, 1.82) is 0 Å². The quantitative estimate of drug-likeness (QED) is 0.879. The van der Waals surface area contributed by atoms with Gasteiger partial charge in [-0.05, 0) is 37.6 Å². The molecule has 0 aromatic heterocycles. The molecule has 2 rings (SSSR count). The number of hydrogen-bond donors (Lipinski definition) is 2. The second-order valence-electron chi connectivity index (χ2n) is 5.22. The van der Waals surface area contributed by atoms with E-state index in [9.17, 15) is 21.6 Å². The summed E-state index contributed by atoms with van der Waals surface area (Å²) in [7, 11) is -3.90. The number of hydrogen-bond acceptors (Lipinski definition) is 4. The molecule has 2 atom stereocenters. The maximum absolute atomic E-state index is 12.3. The molecule has 0 bridgehead atoms. The molecule has 1 aliphatic rings. The lowest BCUT2D eigenvalue weighted by Gasteiger charge is -2.30. The third kappa shape index (κ3) is 4.59. The van der Waals surface area contributed by atoms with Crippen molar-refractivity contribution < 1.29 is 26.3 Å². The van der Waals surface area contributed by atoms with Gasteiger partial charge in [0, 0.05) is 12.1 Å². The maximum Gasteiger partial charge on any atom is 0.573 e. The summed E-state index contributed by atoms with van der Waals surface area (Å²) in [5.41, 5.74) is 0. The molecular weight excluding hydrogens is 321 g/mol. The smallest absolute Gasteiger partial charge is 0.406 e. The molecule has 2 unspecified atom stereocenters. The summed E-state index contributed by atoms with van der Waals surface area (Å²) in [5, 5.41) is 3.15. The van der Waals surface area contributed by atoms with Crippen molar-refractivity contribution in [2.75, 3.05) is 13.1 Å². The molecule has 1 aliphatic heterocycles. The second-order valence-corrected chi connectivity index (χ2v) is 6.93. The van der Waals surface area contributed by atoms with Gasteiger partial charge in [0.05, 0.1) is 4.90 Å². The highest BCUT2D eigenvalue weighted by atomic mass is 32.2. The molecule has 0 aliphatic carbocycles. The summed E-state index contributed by atoms with van der Waals surface area (Å²) in [6, 6.07) is 4.11. The number of alkyl halides is 3. The Morgan fingerprint density at radius 3 is 2.73 bits per heavy atom. The molecule has 124 valence electrons. The van der Waals surface area contributed by atoms with Crippen LogP contribution in [0.4, 0.5) is 13.2 Å². The molecule has 5 nitrogen and oxygen atoms in total. The fraction of sp³-hybridized carbons (Fsp3) is 0.538. The van der Waals surface area contributed by atoms with Gasteiger partial charge in [-0.15, -0.1) is 13.2 Å². The molecule has 1 aromatic carbocycles. The van der Waals surface area contributed by atoms with Crippen LogP contribution in [-0.4, -0.2) is 33.9 Å². The first-order valence-electron chi connectivity index (χ1n) is 6.76. The van der Waals surface area contributed by atoms with Gasteiger partial charge in [0.15, 0.2) is 0 Å². The Balaban J connectivity index is 2.16. The minimum Gasteiger partial charge on any atom is -0.406 e. The number of halogens is 3. The lowest BCUT2D eigenvalue weighted by molar-refractivity contribution is -0.274. The van der Waals surface area contributed by atoms with Crippen LogP contribution in [0.2, 0.25) is 0 Å². The molecule has 2 N–H and O–H groups in total. The summed E-state index contributed by atoms with van der Waals surface area (Å²) in [6.45, 7) is 3.28. The number of sulfonamides is 1. The number of benzene rings is 1. The number of nitrogens with one attached hydrogen (secondary N) is 2. The summed E-state index contributed by atoms with van der Waals surface area (Å²) in [4.78, 5) is -0.250. The molecule has 1 fully saturated rings. The van der Waals surface area contributed by atoms with Crippen molar-refractivity contribution in [3.05, 3.63) is 24.3 Å². The van der Waals surface area contributed by atoms with Crippen molar-refractivity contribution in [2.45, 2.75) is 30.6 Å². The van der Waals surface area contributed by atoms with Crippen molar-refractivity contribution in [3.8, 4) is 5.75 Å². The van der Waals surface area contributed by atoms with Crippen LogP contribution in [0.3, 0.4) is 0 Å². The van der Waals surface area contributed by atoms with Crippen LogP contribution in [-0.2, 0) is 10.0 Å². The molecule has 1 saturated heterocycles. The average molecular weight is 338 g/mol. The molecule has 9 heteroatoms. The van der Waals surface area contributed by atoms with Crippen molar-refractivity contribution in [3.63, 3.8) is 0 Å². The first kappa shape index (κ1) is 17.0. The van der Waals surface area contributed by atoms with Gasteiger partial charge < -0.3 is 10.1 Å². The predicted molar refractivity (Wildman–Crippen MR) is 73.9 cm³/mol. The van der Waals surface area contributed by atoms with Gasteiger partial charge in [-0.25, -0.2) is 13.1 Å². The lowest BCUT2D eigenvalue weighted by atomic mass is 9.97. The third-order valence-electron chi connectivity index (χ3n) is 3.44. The van der Waals surface area contributed by atoms with E-state index in [1.807, 2.05) is 6.92 Å². The summed E-state index contributed by atoms with van der Waals surface area (Å²) >= 11 is 0. The average Bonchev–Trinajstić information content (AvgIpc) is 2.40.